The lowest BCUT2D eigenvalue weighted by atomic mass is 10.0. The monoisotopic (exact) mass is 274 g/mol. The summed E-state index contributed by atoms with van der Waals surface area (Å²) in [6.45, 7) is 5.98. The van der Waals surface area contributed by atoms with E-state index in [0.717, 1.165) is 16.8 Å². The van der Waals surface area contributed by atoms with E-state index >= 15 is 0 Å². The van der Waals surface area contributed by atoms with Crippen LogP contribution >= 0.6 is 11.6 Å². The van der Waals surface area contributed by atoms with Crippen molar-refractivity contribution in [2.24, 2.45) is 0 Å². The number of anilines is 1. The highest BCUT2D eigenvalue weighted by atomic mass is 35.5. The molecule has 4 heteroatoms. The summed E-state index contributed by atoms with van der Waals surface area (Å²) in [6.07, 6.45) is 0. The van der Waals surface area contributed by atoms with Gasteiger partial charge in [-0.2, -0.15) is 0 Å². The summed E-state index contributed by atoms with van der Waals surface area (Å²) in [5, 5.41) is 3.20. The Morgan fingerprint density at radius 3 is 2.37 bits per heavy atom. The van der Waals surface area contributed by atoms with Gasteiger partial charge in [0.05, 0.1) is 0 Å². The molecule has 3 nitrogen and oxygen atoms in total. The highest BCUT2D eigenvalue weighted by Gasteiger charge is 2.11. The van der Waals surface area contributed by atoms with Crippen LogP contribution in [0.2, 0.25) is 5.15 Å². The van der Waals surface area contributed by atoms with Crippen LogP contribution in [0.15, 0.2) is 30.3 Å². The topological polar surface area (TPSA) is 42.0 Å². The molecule has 0 bridgehead atoms. The molecular formula is C15H15ClN2O. The highest BCUT2D eigenvalue weighted by molar-refractivity contribution is 6.29. The first-order valence-corrected chi connectivity index (χ1v) is 6.37. The summed E-state index contributed by atoms with van der Waals surface area (Å²) >= 11 is 5.78. The van der Waals surface area contributed by atoms with Crippen molar-refractivity contribution in [3.63, 3.8) is 0 Å². The van der Waals surface area contributed by atoms with Crippen LogP contribution in [-0.4, -0.2) is 10.9 Å². The van der Waals surface area contributed by atoms with E-state index in [2.05, 4.69) is 10.3 Å². The van der Waals surface area contributed by atoms with Crippen LogP contribution in [0.25, 0.3) is 0 Å². The Labute approximate surface area is 117 Å². The molecule has 0 fully saturated rings. The molecule has 98 valence electrons. The number of nitrogens with zero attached hydrogens (tertiary/aromatic N) is 1. The predicted octanol–water partition coefficient (Wildman–Crippen LogP) is 3.91. The molecule has 1 amide bonds. The van der Waals surface area contributed by atoms with Crippen molar-refractivity contribution in [3.8, 4) is 0 Å². The number of hydrogen-bond acceptors (Lipinski definition) is 2. The Hall–Kier alpha value is -1.87. The number of rotatable bonds is 2. The molecule has 0 aliphatic carbocycles. The van der Waals surface area contributed by atoms with Crippen molar-refractivity contribution in [3.05, 3.63) is 57.9 Å². The molecule has 2 aromatic rings. The molecule has 0 radical (unpaired) electrons. The van der Waals surface area contributed by atoms with Crippen LogP contribution in [0, 0.1) is 20.8 Å². The molecular weight excluding hydrogens is 260 g/mol. The van der Waals surface area contributed by atoms with Gasteiger partial charge in [-0.1, -0.05) is 35.4 Å². The third-order valence-electron chi connectivity index (χ3n) is 2.86. The standard InChI is InChI=1S/C15H15ClN2O/c1-9-7-10(2)14(11(3)8-9)18-15(19)12-5-4-6-13(16)17-12/h4-8H,1-3H3,(H,18,19). The number of amides is 1. The van der Waals surface area contributed by atoms with Crippen molar-refractivity contribution < 1.29 is 4.79 Å². The number of pyridine rings is 1. The molecule has 2 rings (SSSR count). The van der Waals surface area contributed by atoms with Crippen LogP contribution in [0.4, 0.5) is 5.69 Å². The van der Waals surface area contributed by atoms with Crippen molar-refractivity contribution in [1.82, 2.24) is 4.98 Å². The Bertz CT molecular complexity index is 615. The highest BCUT2D eigenvalue weighted by Crippen LogP contribution is 2.22. The van der Waals surface area contributed by atoms with Gasteiger partial charge in [0.2, 0.25) is 0 Å². The van der Waals surface area contributed by atoms with Crippen LogP contribution in [0.3, 0.4) is 0 Å². The van der Waals surface area contributed by atoms with E-state index in [1.54, 1.807) is 18.2 Å². The SMILES string of the molecule is Cc1cc(C)c(NC(=O)c2cccc(Cl)n2)c(C)c1. The maximum Gasteiger partial charge on any atom is 0.274 e. The molecule has 0 spiro atoms. The van der Waals surface area contributed by atoms with Crippen molar-refractivity contribution in [2.75, 3.05) is 5.32 Å². The van der Waals surface area contributed by atoms with Crippen molar-refractivity contribution in [2.45, 2.75) is 20.8 Å². The lowest BCUT2D eigenvalue weighted by molar-refractivity contribution is 0.102. The molecule has 0 unspecified atom stereocenters. The Kier molecular flexibility index (Phi) is 3.86. The minimum atomic E-state index is -0.252. The molecule has 1 aromatic carbocycles. The van der Waals surface area contributed by atoms with Crippen LogP contribution in [0.1, 0.15) is 27.2 Å². The van der Waals surface area contributed by atoms with Crippen molar-refractivity contribution >= 4 is 23.2 Å². The zero-order valence-electron chi connectivity index (χ0n) is 11.1. The number of carbonyl (C=O) groups is 1. The van der Waals surface area contributed by atoms with E-state index in [0.29, 0.717) is 10.8 Å². The van der Waals surface area contributed by atoms with Crippen molar-refractivity contribution in [1.29, 1.82) is 0 Å². The quantitative estimate of drug-likeness (QED) is 0.844. The largest absolute Gasteiger partial charge is 0.320 e. The lowest BCUT2D eigenvalue weighted by Crippen LogP contribution is -2.15. The summed E-state index contributed by atoms with van der Waals surface area (Å²) in [4.78, 5) is 16.1. The minimum Gasteiger partial charge on any atom is -0.320 e. The average Bonchev–Trinajstić information content (AvgIpc) is 2.33. The summed E-state index contributed by atoms with van der Waals surface area (Å²) in [7, 11) is 0. The second-order valence-corrected chi connectivity index (χ2v) is 4.96. The van der Waals surface area contributed by atoms with Gasteiger partial charge in [-0.15, -0.1) is 0 Å². The first kappa shape index (κ1) is 13.6. The van der Waals surface area contributed by atoms with Crippen LogP contribution in [-0.2, 0) is 0 Å². The number of carbonyl (C=O) groups excluding carboxylic acids is 1. The van der Waals surface area contributed by atoms with Crippen LogP contribution < -0.4 is 5.32 Å². The fourth-order valence-electron chi connectivity index (χ4n) is 2.09. The van der Waals surface area contributed by atoms with E-state index in [-0.39, 0.29) is 5.91 Å². The van der Waals surface area contributed by atoms with Gasteiger partial charge in [-0.05, 0) is 44.0 Å². The van der Waals surface area contributed by atoms with Gasteiger partial charge in [0.1, 0.15) is 10.8 Å². The maximum atomic E-state index is 12.1. The van der Waals surface area contributed by atoms with Gasteiger partial charge < -0.3 is 5.32 Å². The Morgan fingerprint density at radius 1 is 1.16 bits per heavy atom. The second kappa shape index (κ2) is 5.41. The van der Waals surface area contributed by atoms with E-state index in [1.807, 2.05) is 32.9 Å². The Morgan fingerprint density at radius 2 is 1.79 bits per heavy atom. The maximum absolute atomic E-state index is 12.1. The summed E-state index contributed by atoms with van der Waals surface area (Å²) in [5.74, 6) is -0.252. The number of aromatic nitrogens is 1. The van der Waals surface area contributed by atoms with E-state index < -0.39 is 0 Å². The molecule has 1 heterocycles. The number of halogens is 1. The minimum absolute atomic E-state index is 0.252. The fourth-order valence-corrected chi connectivity index (χ4v) is 2.25. The first-order valence-electron chi connectivity index (χ1n) is 5.99. The fraction of sp³-hybridized carbons (Fsp3) is 0.200. The average molecular weight is 275 g/mol. The molecule has 0 saturated heterocycles. The number of hydrogen-bond donors (Lipinski definition) is 1. The zero-order valence-corrected chi connectivity index (χ0v) is 11.9. The summed E-state index contributed by atoms with van der Waals surface area (Å²) in [5.41, 5.74) is 4.39. The van der Waals surface area contributed by atoms with Gasteiger partial charge in [0.15, 0.2) is 0 Å². The molecule has 0 atom stereocenters. The second-order valence-electron chi connectivity index (χ2n) is 4.57. The van der Waals surface area contributed by atoms with E-state index in [9.17, 15) is 4.79 Å². The lowest BCUT2D eigenvalue weighted by Gasteiger charge is -2.12. The molecule has 0 aliphatic heterocycles. The van der Waals surface area contributed by atoms with Gasteiger partial charge in [0, 0.05) is 5.69 Å². The molecule has 19 heavy (non-hydrogen) atoms. The first-order chi connectivity index (χ1) is 8.97. The van der Waals surface area contributed by atoms with Gasteiger partial charge in [-0.25, -0.2) is 4.98 Å². The number of nitrogens with one attached hydrogen (secondary N) is 1. The Balaban J connectivity index is 2.29. The molecule has 1 aromatic heterocycles. The molecule has 0 aliphatic rings. The van der Waals surface area contributed by atoms with Gasteiger partial charge in [0.25, 0.3) is 5.91 Å². The van der Waals surface area contributed by atoms with E-state index in [4.69, 9.17) is 11.6 Å². The number of benzene rings is 1. The molecule has 0 saturated carbocycles. The van der Waals surface area contributed by atoms with Gasteiger partial charge >= 0.3 is 0 Å². The summed E-state index contributed by atoms with van der Waals surface area (Å²) < 4.78 is 0. The normalized spacial score (nSPS) is 10.3. The zero-order chi connectivity index (χ0) is 14.0. The van der Waals surface area contributed by atoms with Gasteiger partial charge in [-0.3, -0.25) is 4.79 Å². The molecule has 1 N–H and O–H groups in total. The summed E-state index contributed by atoms with van der Waals surface area (Å²) in [6, 6.07) is 9.06. The van der Waals surface area contributed by atoms with E-state index in [1.165, 1.54) is 5.56 Å². The third kappa shape index (κ3) is 3.12. The predicted molar refractivity (Wildman–Crippen MR) is 77.9 cm³/mol. The van der Waals surface area contributed by atoms with Crippen LogP contribution in [0.5, 0.6) is 0 Å². The number of aryl methyl sites for hydroxylation is 3. The smallest absolute Gasteiger partial charge is 0.274 e. The third-order valence-corrected chi connectivity index (χ3v) is 3.07.